The molecule has 0 spiro atoms. The second-order valence-electron chi connectivity index (χ2n) is 38.7. The Kier molecular flexibility index (Phi) is 16.0. The zero-order chi connectivity index (χ0) is 89.8. The van der Waals surface area contributed by atoms with Crippen molar-refractivity contribution in [2.45, 2.75) is 49.4 Å². The molecule has 30 rings (SSSR count). The van der Waals surface area contributed by atoms with Gasteiger partial charge < -0.3 is 17.7 Å². The van der Waals surface area contributed by atoms with Gasteiger partial charge in [-0.25, -0.2) is 0 Å². The van der Waals surface area contributed by atoms with E-state index in [1.807, 2.05) is 0 Å². The van der Waals surface area contributed by atoms with Crippen molar-refractivity contribution in [2.75, 3.05) is 0 Å². The molecule has 0 amide bonds. The maximum absolute atomic E-state index is 7.22. The molecular weight excluding hydrogens is 1650 g/mol. The number of para-hydroxylation sites is 3. The molecule has 4 aromatic heterocycles. The van der Waals surface area contributed by atoms with Gasteiger partial charge in [-0.05, 0) is 202 Å². The van der Waals surface area contributed by atoms with Crippen LogP contribution in [-0.2, 0) is 21.7 Å². The third kappa shape index (κ3) is 10.2. The summed E-state index contributed by atoms with van der Waals surface area (Å²) in [6.07, 6.45) is 0. The molecule has 4 nitrogen and oxygen atoms in total. The average molecular weight is 1730 g/mol. The number of hydrogen-bond donors (Lipinski definition) is 0. The van der Waals surface area contributed by atoms with Gasteiger partial charge in [-0.3, -0.25) is 0 Å². The largest absolute Gasteiger partial charge is 0.456 e. The standard InChI is InChI=1S/2C66H42O2/c1-65(2)51-33-15-13-27-45(51)59-53(65)35-37-55-61(59)49-31-17-29-47(63(49)67-55)57-41-23-9-11-25-43(41)58(44-26-12-10-24-42(44)57)48-30-18-32-50-62-56(68-64(48)50)38-36-54-60(62)46-28-14-16-34-52(46)66(54,39-19-5-3-6-20-39)40-21-7-4-8-22-40;1-65(2)51-30-15-13-26-46(51)60-53(65)34-36-55-62(60)48-33-32-39(38-57(48)67-55)58-42-22-9-11-24-44(42)59(45-25-12-10-23-43(45)58)49-28-17-29-50-63-56(68-64(49)50)37-35-54-61(63)47-27-14-16-31-52(47)66(54,40-18-5-3-6-19-40)41-20-7-4-8-21-41/h2*3-38H,1-2H3. The first-order valence-electron chi connectivity index (χ1n) is 47.5. The van der Waals surface area contributed by atoms with E-state index in [0.29, 0.717) is 0 Å². The molecule has 0 saturated carbocycles. The monoisotopic (exact) mass is 1730 g/mol. The molecule has 0 bridgehead atoms. The molecular formula is C132H84O4. The molecule has 0 N–H and O–H groups in total. The van der Waals surface area contributed by atoms with Crippen LogP contribution >= 0.6 is 0 Å². The first-order chi connectivity index (χ1) is 67.0. The van der Waals surface area contributed by atoms with Crippen molar-refractivity contribution < 1.29 is 17.7 Å². The topological polar surface area (TPSA) is 52.6 Å². The Balaban J connectivity index is 0.000000132. The maximum atomic E-state index is 7.22. The predicted octanol–water partition coefficient (Wildman–Crippen LogP) is 35.6. The van der Waals surface area contributed by atoms with Crippen molar-refractivity contribution in [1.29, 1.82) is 0 Å². The Morgan fingerprint density at radius 1 is 0.154 bits per heavy atom. The highest BCUT2D eigenvalue weighted by atomic mass is 16.3. The number of hydrogen-bond acceptors (Lipinski definition) is 4. The third-order valence-electron chi connectivity index (χ3n) is 31.5. The SMILES string of the molecule is CC1(C)c2ccccc2-c2c1ccc1oc3c(-c4c5ccccc5c(-c5cccc6c5oc5ccc7c(c56)-c5ccccc5C7(c5ccccc5)c5ccccc5)c5ccccc45)cccc3c21.CC1(C)c2ccccc2-c2c1ccc1oc3cc(-c4c5ccccc5c(-c5cccc6c5oc5ccc7c(c56)-c5ccccc5C7(c5ccccc5)c5ccccc5)c5ccccc45)ccc3c21. The Morgan fingerprint density at radius 3 is 0.743 bits per heavy atom. The predicted molar refractivity (Wildman–Crippen MR) is 564 cm³/mol. The van der Waals surface area contributed by atoms with E-state index in [4.69, 9.17) is 17.7 Å². The summed E-state index contributed by atoms with van der Waals surface area (Å²) < 4.78 is 28.3. The van der Waals surface area contributed by atoms with Crippen LogP contribution < -0.4 is 0 Å². The number of rotatable bonds is 8. The minimum absolute atomic E-state index is 0.0853. The zero-order valence-corrected chi connectivity index (χ0v) is 75.2. The van der Waals surface area contributed by atoms with Gasteiger partial charge >= 0.3 is 0 Å². The molecule has 136 heavy (non-hydrogen) atoms. The Hall–Kier alpha value is -16.9. The van der Waals surface area contributed by atoms with Crippen molar-refractivity contribution in [3.63, 3.8) is 0 Å². The molecule has 4 heteroatoms. The van der Waals surface area contributed by atoms with E-state index in [9.17, 15) is 0 Å². The summed E-state index contributed by atoms with van der Waals surface area (Å²) in [4.78, 5) is 0. The first kappa shape index (κ1) is 76.8. The maximum Gasteiger partial charge on any atom is 0.143 e. The highest BCUT2D eigenvalue weighted by Crippen LogP contribution is 2.64. The van der Waals surface area contributed by atoms with Crippen LogP contribution in [0.2, 0.25) is 0 Å². The van der Waals surface area contributed by atoms with Gasteiger partial charge in [0, 0.05) is 87.3 Å². The van der Waals surface area contributed by atoms with Gasteiger partial charge in [0.05, 0.1) is 10.8 Å². The zero-order valence-electron chi connectivity index (χ0n) is 75.2. The van der Waals surface area contributed by atoms with E-state index in [1.54, 1.807) is 0 Å². The van der Waals surface area contributed by atoms with Crippen LogP contribution in [0.3, 0.4) is 0 Å². The lowest BCUT2D eigenvalue weighted by atomic mass is 9.67. The smallest absolute Gasteiger partial charge is 0.143 e. The second kappa shape index (κ2) is 28.3. The van der Waals surface area contributed by atoms with Crippen molar-refractivity contribution in [2.24, 2.45) is 0 Å². The van der Waals surface area contributed by atoms with E-state index in [2.05, 4.69) is 464 Å². The normalized spacial score (nSPS) is 14.3. The van der Waals surface area contributed by atoms with Gasteiger partial charge in [0.25, 0.3) is 0 Å². The molecule has 4 aliphatic rings. The highest BCUT2D eigenvalue weighted by molar-refractivity contribution is 6.30. The van der Waals surface area contributed by atoms with E-state index in [-0.39, 0.29) is 10.8 Å². The molecule has 0 unspecified atom stereocenters. The molecule has 0 saturated heterocycles. The van der Waals surface area contributed by atoms with Gasteiger partial charge in [-0.15, -0.1) is 0 Å². The molecule has 0 aliphatic heterocycles. The van der Waals surface area contributed by atoms with Crippen molar-refractivity contribution in [3.8, 4) is 89.0 Å². The van der Waals surface area contributed by atoms with E-state index >= 15 is 0 Å². The Morgan fingerprint density at radius 2 is 0.404 bits per heavy atom. The van der Waals surface area contributed by atoms with Crippen LogP contribution in [0, 0.1) is 0 Å². The van der Waals surface area contributed by atoms with Gasteiger partial charge in [0.1, 0.15) is 44.7 Å². The molecule has 0 fully saturated rings. The molecule has 0 atom stereocenters. The molecule has 22 aromatic carbocycles. The highest BCUT2D eigenvalue weighted by Gasteiger charge is 2.50. The molecule has 4 aliphatic carbocycles. The fraction of sp³-hybridized carbons (Fsp3) is 0.0606. The molecule has 636 valence electrons. The van der Waals surface area contributed by atoms with E-state index in [0.717, 1.165) is 105 Å². The van der Waals surface area contributed by atoms with Crippen LogP contribution in [0.4, 0.5) is 0 Å². The second-order valence-corrected chi connectivity index (χ2v) is 38.7. The van der Waals surface area contributed by atoms with Crippen molar-refractivity contribution >= 4 is 131 Å². The van der Waals surface area contributed by atoms with Crippen molar-refractivity contribution in [1.82, 2.24) is 0 Å². The van der Waals surface area contributed by atoms with E-state index in [1.165, 1.54) is 182 Å². The lowest BCUT2D eigenvalue weighted by molar-refractivity contribution is 0.656. The fourth-order valence-corrected chi connectivity index (χ4v) is 26.0. The van der Waals surface area contributed by atoms with Gasteiger partial charge in [-0.2, -0.15) is 0 Å². The lowest BCUT2D eigenvalue weighted by Gasteiger charge is -2.33. The Bertz CT molecular complexity index is 9480. The molecule has 26 aromatic rings. The van der Waals surface area contributed by atoms with Gasteiger partial charge in [-0.1, -0.05) is 428 Å². The minimum atomic E-state index is -0.504. The first-order valence-corrected chi connectivity index (χ1v) is 47.5. The molecule has 0 radical (unpaired) electrons. The van der Waals surface area contributed by atoms with Crippen LogP contribution in [-0.4, -0.2) is 0 Å². The summed E-state index contributed by atoms with van der Waals surface area (Å²) in [5, 5.41) is 18.6. The summed E-state index contributed by atoms with van der Waals surface area (Å²) in [5.41, 5.74) is 40.8. The van der Waals surface area contributed by atoms with Crippen LogP contribution in [0.1, 0.15) is 94.5 Å². The minimum Gasteiger partial charge on any atom is -0.456 e. The summed E-state index contributed by atoms with van der Waals surface area (Å²) in [6.45, 7) is 9.37. The molecule has 4 heterocycles. The lowest BCUT2D eigenvalue weighted by Crippen LogP contribution is -2.28. The summed E-state index contributed by atoms with van der Waals surface area (Å²) in [6, 6.07) is 161. The quantitative estimate of drug-likeness (QED) is 0.142. The van der Waals surface area contributed by atoms with Crippen LogP contribution in [0.15, 0.2) is 454 Å². The van der Waals surface area contributed by atoms with E-state index < -0.39 is 10.8 Å². The third-order valence-corrected chi connectivity index (χ3v) is 31.5. The summed E-state index contributed by atoms with van der Waals surface area (Å²) in [5.74, 6) is 0. The number of furan rings is 4. The van der Waals surface area contributed by atoms with Crippen LogP contribution in [0.5, 0.6) is 0 Å². The van der Waals surface area contributed by atoms with Crippen LogP contribution in [0.25, 0.3) is 220 Å². The fourth-order valence-electron chi connectivity index (χ4n) is 26.0. The summed E-state index contributed by atoms with van der Waals surface area (Å²) in [7, 11) is 0. The van der Waals surface area contributed by atoms with Gasteiger partial charge in [0.2, 0.25) is 0 Å². The van der Waals surface area contributed by atoms with Gasteiger partial charge in [0.15, 0.2) is 0 Å². The number of benzene rings is 22. The number of fused-ring (bicyclic) bond motifs is 32. The van der Waals surface area contributed by atoms with Crippen molar-refractivity contribution in [3.05, 3.63) is 504 Å². The average Bonchev–Trinajstić information content (AvgIpc) is 1.56. The summed E-state index contributed by atoms with van der Waals surface area (Å²) >= 11 is 0. The Labute approximate surface area is 784 Å².